The topological polar surface area (TPSA) is 80.2 Å². The molecule has 0 aliphatic carbocycles. The van der Waals surface area contributed by atoms with E-state index < -0.39 is 0 Å². The van der Waals surface area contributed by atoms with E-state index in [4.69, 9.17) is 9.72 Å². The average molecular weight is 432 g/mol. The minimum atomic E-state index is -0.288. The van der Waals surface area contributed by atoms with Gasteiger partial charge in [-0.05, 0) is 61.0 Å². The number of hydrogen-bond donors (Lipinski definition) is 1. The molecule has 0 saturated carbocycles. The van der Waals surface area contributed by atoms with Crippen LogP contribution in [0.5, 0.6) is 0 Å². The Balaban J connectivity index is 1.27. The number of benzene rings is 2. The Morgan fingerprint density at radius 2 is 1.84 bits per heavy atom. The van der Waals surface area contributed by atoms with Gasteiger partial charge in [-0.1, -0.05) is 6.07 Å². The van der Waals surface area contributed by atoms with Crippen molar-refractivity contribution < 1.29 is 9.53 Å². The fourth-order valence-corrected chi connectivity index (χ4v) is 4.52. The molecular formula is C23H21N5O2S. The summed E-state index contributed by atoms with van der Waals surface area (Å²) < 4.78 is 6.52. The molecule has 1 aliphatic rings. The van der Waals surface area contributed by atoms with Gasteiger partial charge in [-0.15, -0.1) is 21.5 Å². The van der Waals surface area contributed by atoms with Crippen LogP contribution in [0.1, 0.15) is 16.1 Å². The van der Waals surface area contributed by atoms with Crippen LogP contribution in [-0.4, -0.2) is 47.4 Å². The monoisotopic (exact) mass is 431 g/mol. The first-order chi connectivity index (χ1) is 15.2. The molecule has 0 bridgehead atoms. The van der Waals surface area contributed by atoms with Gasteiger partial charge in [0.05, 0.1) is 23.4 Å². The Morgan fingerprint density at radius 1 is 1.03 bits per heavy atom. The third-order valence-electron chi connectivity index (χ3n) is 5.15. The third kappa shape index (κ3) is 4.26. The number of aromatic nitrogens is 3. The molecule has 4 aromatic rings. The number of anilines is 2. The van der Waals surface area contributed by atoms with Gasteiger partial charge in [0.1, 0.15) is 5.01 Å². The Labute approximate surface area is 183 Å². The highest BCUT2D eigenvalue weighted by Crippen LogP contribution is 2.31. The van der Waals surface area contributed by atoms with Crippen molar-refractivity contribution in [1.29, 1.82) is 0 Å². The van der Waals surface area contributed by atoms with Crippen LogP contribution in [0, 0.1) is 6.92 Å². The van der Waals surface area contributed by atoms with E-state index >= 15 is 0 Å². The maximum atomic E-state index is 12.5. The van der Waals surface area contributed by atoms with Gasteiger partial charge in [-0.2, -0.15) is 0 Å². The quantitative estimate of drug-likeness (QED) is 0.523. The Kier molecular flexibility index (Phi) is 5.31. The molecule has 8 heteroatoms. The lowest BCUT2D eigenvalue weighted by molar-refractivity contribution is 0.102. The number of morpholine rings is 1. The van der Waals surface area contributed by atoms with Gasteiger partial charge in [0.25, 0.3) is 5.91 Å². The van der Waals surface area contributed by atoms with Crippen LogP contribution < -0.4 is 10.2 Å². The molecule has 2 aromatic heterocycles. The standard InChI is InChI=1S/C23H21N5O2S/c1-15-2-7-18-20(14-15)31-23(25-18)16-3-5-17(6-4-16)24-22(29)19-8-9-21(27-26-19)28-10-12-30-13-11-28/h2-9,14H,10-13H2,1H3,(H,24,29). The van der Waals surface area contributed by atoms with Gasteiger partial charge in [0.2, 0.25) is 0 Å². The summed E-state index contributed by atoms with van der Waals surface area (Å²) in [6, 6.07) is 17.5. The summed E-state index contributed by atoms with van der Waals surface area (Å²) in [5.74, 6) is 0.472. The summed E-state index contributed by atoms with van der Waals surface area (Å²) in [5, 5.41) is 12.1. The number of thiazole rings is 1. The Morgan fingerprint density at radius 3 is 2.58 bits per heavy atom. The average Bonchev–Trinajstić information content (AvgIpc) is 3.23. The first-order valence-corrected chi connectivity index (χ1v) is 10.9. The number of ether oxygens (including phenoxy) is 1. The van der Waals surface area contributed by atoms with E-state index in [-0.39, 0.29) is 11.6 Å². The van der Waals surface area contributed by atoms with Crippen molar-refractivity contribution in [2.24, 2.45) is 0 Å². The highest BCUT2D eigenvalue weighted by Gasteiger charge is 2.15. The van der Waals surface area contributed by atoms with Crippen LogP contribution in [0.3, 0.4) is 0 Å². The number of amides is 1. The zero-order valence-corrected chi connectivity index (χ0v) is 17.9. The molecule has 1 N–H and O–H groups in total. The predicted molar refractivity (Wildman–Crippen MR) is 123 cm³/mol. The van der Waals surface area contributed by atoms with Gasteiger partial charge >= 0.3 is 0 Å². The minimum Gasteiger partial charge on any atom is -0.378 e. The highest BCUT2D eigenvalue weighted by molar-refractivity contribution is 7.21. The van der Waals surface area contributed by atoms with Crippen molar-refractivity contribution >= 4 is 39.0 Å². The number of rotatable bonds is 4. The number of nitrogens with one attached hydrogen (secondary N) is 1. The number of aryl methyl sites for hydroxylation is 1. The maximum Gasteiger partial charge on any atom is 0.276 e. The lowest BCUT2D eigenvalue weighted by Gasteiger charge is -2.27. The number of carbonyl (C=O) groups excluding carboxylic acids is 1. The summed E-state index contributed by atoms with van der Waals surface area (Å²) in [7, 11) is 0. The van der Waals surface area contributed by atoms with Crippen LogP contribution in [0.15, 0.2) is 54.6 Å². The molecule has 0 unspecified atom stereocenters. The fourth-order valence-electron chi connectivity index (χ4n) is 3.45. The molecule has 3 heterocycles. The van der Waals surface area contributed by atoms with Gasteiger partial charge in [0, 0.05) is 24.3 Å². The van der Waals surface area contributed by atoms with Crippen LogP contribution in [0.4, 0.5) is 11.5 Å². The summed E-state index contributed by atoms with van der Waals surface area (Å²) in [5.41, 5.74) is 4.22. The smallest absolute Gasteiger partial charge is 0.276 e. The van der Waals surface area contributed by atoms with Crippen LogP contribution in [0.25, 0.3) is 20.8 Å². The predicted octanol–water partition coefficient (Wildman–Crippen LogP) is 4.15. The number of nitrogens with zero attached hydrogens (tertiary/aromatic N) is 4. The van der Waals surface area contributed by atoms with Crippen molar-refractivity contribution in [2.75, 3.05) is 36.5 Å². The van der Waals surface area contributed by atoms with Crippen molar-refractivity contribution in [2.45, 2.75) is 6.92 Å². The summed E-state index contributed by atoms with van der Waals surface area (Å²) in [6.45, 7) is 4.99. The minimum absolute atomic E-state index is 0.280. The molecule has 2 aromatic carbocycles. The fraction of sp³-hybridized carbons (Fsp3) is 0.217. The maximum absolute atomic E-state index is 12.5. The summed E-state index contributed by atoms with van der Waals surface area (Å²) in [6.07, 6.45) is 0. The number of fused-ring (bicyclic) bond motifs is 1. The van der Waals surface area contributed by atoms with E-state index in [1.165, 1.54) is 10.3 Å². The first kappa shape index (κ1) is 19.6. The molecule has 31 heavy (non-hydrogen) atoms. The normalized spacial score (nSPS) is 14.0. The largest absolute Gasteiger partial charge is 0.378 e. The zero-order valence-electron chi connectivity index (χ0n) is 17.0. The summed E-state index contributed by atoms with van der Waals surface area (Å²) in [4.78, 5) is 19.4. The van der Waals surface area contributed by atoms with Gasteiger partial charge in [0.15, 0.2) is 11.5 Å². The van der Waals surface area contributed by atoms with E-state index in [1.807, 2.05) is 36.4 Å². The second-order valence-electron chi connectivity index (χ2n) is 7.40. The van der Waals surface area contributed by atoms with Crippen molar-refractivity contribution in [3.8, 4) is 10.6 Å². The van der Waals surface area contributed by atoms with Gasteiger partial charge in [-0.3, -0.25) is 4.79 Å². The SMILES string of the molecule is Cc1ccc2nc(-c3ccc(NC(=O)c4ccc(N5CCOCC5)nn4)cc3)sc2c1. The molecule has 0 atom stereocenters. The van der Waals surface area contributed by atoms with Gasteiger partial charge < -0.3 is 15.0 Å². The Bertz CT molecular complexity index is 1220. The molecule has 7 nitrogen and oxygen atoms in total. The molecular weight excluding hydrogens is 410 g/mol. The van der Waals surface area contributed by atoms with Crippen molar-refractivity contribution in [1.82, 2.24) is 15.2 Å². The molecule has 1 aliphatic heterocycles. The molecule has 0 spiro atoms. The van der Waals surface area contributed by atoms with Crippen molar-refractivity contribution in [3.05, 3.63) is 65.9 Å². The highest BCUT2D eigenvalue weighted by atomic mass is 32.1. The zero-order chi connectivity index (χ0) is 21.2. The lowest BCUT2D eigenvalue weighted by Crippen LogP contribution is -2.37. The van der Waals surface area contributed by atoms with E-state index in [2.05, 4.69) is 39.5 Å². The van der Waals surface area contributed by atoms with Crippen LogP contribution in [0.2, 0.25) is 0 Å². The van der Waals surface area contributed by atoms with E-state index in [0.29, 0.717) is 18.9 Å². The van der Waals surface area contributed by atoms with E-state index in [9.17, 15) is 4.79 Å². The molecule has 1 saturated heterocycles. The lowest BCUT2D eigenvalue weighted by atomic mass is 10.2. The molecule has 1 fully saturated rings. The van der Waals surface area contributed by atoms with Crippen LogP contribution >= 0.6 is 11.3 Å². The number of carbonyl (C=O) groups is 1. The molecule has 0 radical (unpaired) electrons. The molecule has 1 amide bonds. The first-order valence-electron chi connectivity index (χ1n) is 10.1. The molecule has 156 valence electrons. The number of hydrogen-bond acceptors (Lipinski definition) is 7. The van der Waals surface area contributed by atoms with Crippen molar-refractivity contribution in [3.63, 3.8) is 0 Å². The Hall–Kier alpha value is -3.36. The third-order valence-corrected chi connectivity index (χ3v) is 6.22. The summed E-state index contributed by atoms with van der Waals surface area (Å²) >= 11 is 1.67. The van der Waals surface area contributed by atoms with Gasteiger partial charge in [-0.25, -0.2) is 4.98 Å². The second kappa shape index (κ2) is 8.41. The second-order valence-corrected chi connectivity index (χ2v) is 8.43. The van der Waals surface area contributed by atoms with E-state index in [0.717, 1.165) is 35.0 Å². The van der Waals surface area contributed by atoms with Crippen LogP contribution in [-0.2, 0) is 4.74 Å². The molecule has 5 rings (SSSR count). The van der Waals surface area contributed by atoms with E-state index in [1.54, 1.807) is 17.4 Å².